The fourth-order valence-corrected chi connectivity index (χ4v) is 3.98. The monoisotopic (exact) mass is 495 g/mol. The Labute approximate surface area is 203 Å². The lowest BCUT2D eigenvalue weighted by atomic mass is 10.1. The van der Waals surface area contributed by atoms with Crippen molar-refractivity contribution in [3.63, 3.8) is 0 Å². The lowest BCUT2D eigenvalue weighted by molar-refractivity contribution is 0.0370. The van der Waals surface area contributed by atoms with Crippen LogP contribution in [0.4, 0.5) is 0 Å². The molecule has 0 bridgehead atoms. The van der Waals surface area contributed by atoms with Crippen LogP contribution in [-0.4, -0.2) is 43.8 Å². The van der Waals surface area contributed by atoms with E-state index in [0.29, 0.717) is 18.5 Å². The Morgan fingerprint density at radius 2 is 1.57 bits per heavy atom. The Kier molecular flexibility index (Phi) is 8.32. The highest BCUT2D eigenvalue weighted by Crippen LogP contribution is 2.12. The number of hydrogen-bond donors (Lipinski definition) is 2. The van der Waals surface area contributed by atoms with E-state index in [1.54, 1.807) is 50.2 Å². The Bertz CT molecular complexity index is 1290. The van der Waals surface area contributed by atoms with Crippen LogP contribution in [0.15, 0.2) is 77.8 Å². The third-order valence-corrected chi connectivity index (χ3v) is 6.12. The number of sulfonamides is 1. The number of amides is 2. The zero-order valence-electron chi connectivity index (χ0n) is 19.2. The van der Waals surface area contributed by atoms with Gasteiger partial charge in [0, 0.05) is 18.3 Å². The van der Waals surface area contributed by atoms with Crippen molar-refractivity contribution in [3.05, 3.63) is 95.3 Å². The molecule has 182 valence electrons. The summed E-state index contributed by atoms with van der Waals surface area (Å²) in [7, 11) is -4.13. The van der Waals surface area contributed by atoms with Crippen LogP contribution in [0.2, 0.25) is 0 Å². The van der Waals surface area contributed by atoms with Crippen LogP contribution < -0.4 is 10.0 Å². The van der Waals surface area contributed by atoms with Crippen molar-refractivity contribution >= 4 is 27.8 Å². The highest BCUT2D eigenvalue weighted by molar-refractivity contribution is 7.90. The standard InChI is InChI=1S/C25H25N3O6S/c1-17(2)34-25(31)22-13-10-20(16-27-22)24(30)28-35(32,33)21-11-8-18(9-12-21)14-15-26-23(29)19-6-4-3-5-7-19/h3-13,16-17H,14-15H2,1-2H3,(H,26,29)(H,28,30). The largest absolute Gasteiger partial charge is 0.458 e. The van der Waals surface area contributed by atoms with Gasteiger partial charge in [-0.05, 0) is 62.2 Å². The average molecular weight is 496 g/mol. The fraction of sp³-hybridized carbons (Fsp3) is 0.200. The number of esters is 1. The molecule has 0 aliphatic rings. The van der Waals surface area contributed by atoms with Crippen molar-refractivity contribution < 1.29 is 27.5 Å². The second kappa shape index (κ2) is 11.4. The summed E-state index contributed by atoms with van der Waals surface area (Å²) in [5.74, 6) is -1.71. The third kappa shape index (κ3) is 7.21. The molecule has 0 atom stereocenters. The lowest BCUT2D eigenvalue weighted by Crippen LogP contribution is -2.30. The topological polar surface area (TPSA) is 132 Å². The molecule has 0 saturated heterocycles. The molecule has 2 N–H and O–H groups in total. The number of pyridine rings is 1. The first kappa shape index (κ1) is 25.6. The molecule has 10 heteroatoms. The van der Waals surface area contributed by atoms with Gasteiger partial charge in [-0.3, -0.25) is 9.59 Å². The number of nitrogens with zero attached hydrogens (tertiary/aromatic N) is 1. The van der Waals surface area contributed by atoms with Gasteiger partial charge in [-0.15, -0.1) is 0 Å². The second-order valence-corrected chi connectivity index (χ2v) is 9.52. The van der Waals surface area contributed by atoms with Crippen molar-refractivity contribution in [2.24, 2.45) is 0 Å². The van der Waals surface area contributed by atoms with Gasteiger partial charge >= 0.3 is 5.97 Å². The summed E-state index contributed by atoms with van der Waals surface area (Å²) in [5, 5.41) is 2.81. The average Bonchev–Trinajstić information content (AvgIpc) is 2.84. The minimum absolute atomic E-state index is 0.00801. The number of carbonyl (C=O) groups is 3. The van der Waals surface area contributed by atoms with Crippen LogP contribution in [0.3, 0.4) is 0 Å². The smallest absolute Gasteiger partial charge is 0.357 e. The molecule has 0 aliphatic carbocycles. The van der Waals surface area contributed by atoms with Crippen LogP contribution in [0.5, 0.6) is 0 Å². The summed E-state index contributed by atoms with van der Waals surface area (Å²) in [4.78, 5) is 40.1. The molecular formula is C25H25N3O6S. The Balaban J connectivity index is 1.56. The first-order valence-corrected chi connectivity index (χ1v) is 12.3. The molecular weight excluding hydrogens is 470 g/mol. The maximum Gasteiger partial charge on any atom is 0.357 e. The van der Waals surface area contributed by atoms with Crippen molar-refractivity contribution in [2.75, 3.05) is 6.54 Å². The highest BCUT2D eigenvalue weighted by Gasteiger charge is 2.20. The molecule has 2 amide bonds. The third-order valence-electron chi connectivity index (χ3n) is 4.77. The number of hydrogen-bond acceptors (Lipinski definition) is 7. The molecule has 1 heterocycles. The maximum atomic E-state index is 12.6. The van der Waals surface area contributed by atoms with Crippen molar-refractivity contribution in [1.29, 1.82) is 0 Å². The molecule has 3 aromatic rings. The molecule has 0 radical (unpaired) electrons. The number of ether oxygens (including phenoxy) is 1. The van der Waals surface area contributed by atoms with Crippen LogP contribution in [0, 0.1) is 0 Å². The van der Waals surface area contributed by atoms with Crippen molar-refractivity contribution in [2.45, 2.75) is 31.3 Å². The molecule has 9 nitrogen and oxygen atoms in total. The second-order valence-electron chi connectivity index (χ2n) is 7.84. The van der Waals surface area contributed by atoms with Crippen LogP contribution in [-0.2, 0) is 21.2 Å². The normalized spacial score (nSPS) is 11.1. The maximum absolute atomic E-state index is 12.6. The number of benzene rings is 2. The minimum Gasteiger partial charge on any atom is -0.458 e. The van der Waals surface area contributed by atoms with E-state index in [2.05, 4.69) is 10.3 Å². The molecule has 1 aromatic heterocycles. The number of rotatable bonds is 9. The fourth-order valence-electron chi connectivity index (χ4n) is 3.01. The number of carbonyl (C=O) groups excluding carboxylic acids is 3. The molecule has 0 unspecified atom stereocenters. The van der Waals surface area contributed by atoms with Crippen molar-refractivity contribution in [3.8, 4) is 0 Å². The lowest BCUT2D eigenvalue weighted by Gasteiger charge is -2.09. The molecule has 2 aromatic carbocycles. The first-order valence-electron chi connectivity index (χ1n) is 10.8. The van der Waals surface area contributed by atoms with E-state index >= 15 is 0 Å². The van der Waals surface area contributed by atoms with Gasteiger partial charge in [-0.2, -0.15) is 0 Å². The summed E-state index contributed by atoms with van der Waals surface area (Å²) in [6, 6.07) is 17.4. The summed E-state index contributed by atoms with van der Waals surface area (Å²) in [6.07, 6.45) is 1.29. The van der Waals surface area contributed by atoms with E-state index in [-0.39, 0.29) is 28.2 Å². The predicted octanol–water partition coefficient (Wildman–Crippen LogP) is 2.74. The quantitative estimate of drug-likeness (QED) is 0.436. The van der Waals surface area contributed by atoms with Gasteiger partial charge in [0.05, 0.1) is 16.6 Å². The van der Waals surface area contributed by atoms with Gasteiger partial charge in [-0.25, -0.2) is 22.9 Å². The van der Waals surface area contributed by atoms with Gasteiger partial charge in [-0.1, -0.05) is 30.3 Å². The van der Waals surface area contributed by atoms with E-state index in [9.17, 15) is 22.8 Å². The number of nitrogens with one attached hydrogen (secondary N) is 2. The zero-order valence-corrected chi connectivity index (χ0v) is 20.0. The summed E-state index contributed by atoms with van der Waals surface area (Å²) < 4.78 is 32.2. The van der Waals surface area contributed by atoms with Gasteiger partial charge in [0.25, 0.3) is 21.8 Å². The van der Waals surface area contributed by atoms with Gasteiger partial charge in [0.2, 0.25) is 0 Å². The Morgan fingerprint density at radius 3 is 2.17 bits per heavy atom. The van der Waals surface area contributed by atoms with Gasteiger partial charge in [0.1, 0.15) is 5.69 Å². The van der Waals surface area contributed by atoms with Crippen LogP contribution in [0.1, 0.15) is 50.6 Å². The minimum atomic E-state index is -4.13. The molecule has 0 fully saturated rings. The van der Waals surface area contributed by atoms with E-state index < -0.39 is 21.9 Å². The Morgan fingerprint density at radius 1 is 0.886 bits per heavy atom. The first-order chi connectivity index (χ1) is 16.7. The van der Waals surface area contributed by atoms with Crippen molar-refractivity contribution in [1.82, 2.24) is 15.0 Å². The highest BCUT2D eigenvalue weighted by atomic mass is 32.2. The van der Waals surface area contributed by atoms with E-state index in [0.717, 1.165) is 11.8 Å². The number of aromatic nitrogens is 1. The Hall–Kier alpha value is -4.05. The molecule has 35 heavy (non-hydrogen) atoms. The van der Waals surface area contributed by atoms with E-state index in [1.807, 2.05) is 10.8 Å². The SMILES string of the molecule is CC(C)OC(=O)c1ccc(C(=O)NS(=O)(=O)c2ccc(CCNC(=O)c3ccccc3)cc2)cn1. The summed E-state index contributed by atoms with van der Waals surface area (Å²) >= 11 is 0. The van der Waals surface area contributed by atoms with Crippen LogP contribution in [0.25, 0.3) is 0 Å². The van der Waals surface area contributed by atoms with Crippen LogP contribution >= 0.6 is 0 Å². The molecule has 0 saturated carbocycles. The van der Waals surface area contributed by atoms with E-state index in [1.165, 1.54) is 24.3 Å². The zero-order chi connectivity index (χ0) is 25.4. The molecule has 0 spiro atoms. The molecule has 3 rings (SSSR count). The molecule has 0 aliphatic heterocycles. The summed E-state index contributed by atoms with van der Waals surface area (Å²) in [6.45, 7) is 3.77. The summed E-state index contributed by atoms with van der Waals surface area (Å²) in [5.41, 5.74) is 1.36. The van der Waals surface area contributed by atoms with Gasteiger partial charge < -0.3 is 10.1 Å². The van der Waals surface area contributed by atoms with E-state index in [4.69, 9.17) is 4.74 Å². The predicted molar refractivity (Wildman–Crippen MR) is 128 cm³/mol. The van der Waals surface area contributed by atoms with Gasteiger partial charge in [0.15, 0.2) is 0 Å².